The second-order valence-corrected chi connectivity index (χ2v) is 11.3. The Hall–Kier alpha value is -1.39. The summed E-state index contributed by atoms with van der Waals surface area (Å²) >= 11 is 0. The normalized spacial score (nSPS) is 43.1. The van der Waals surface area contributed by atoms with Crippen LogP contribution in [0, 0.1) is 34.5 Å². The molecule has 1 aliphatic heterocycles. The van der Waals surface area contributed by atoms with Crippen molar-refractivity contribution in [3.63, 3.8) is 0 Å². The van der Waals surface area contributed by atoms with Gasteiger partial charge in [0.05, 0.1) is 5.41 Å². The molecule has 6 fully saturated rings. The number of hydrogen-bond acceptors (Lipinski definition) is 3. The van der Waals surface area contributed by atoms with Gasteiger partial charge in [0.2, 0.25) is 11.8 Å². The molecule has 0 spiro atoms. The predicted molar refractivity (Wildman–Crippen MR) is 110 cm³/mol. The van der Waals surface area contributed by atoms with Crippen molar-refractivity contribution in [2.45, 2.75) is 78.2 Å². The summed E-state index contributed by atoms with van der Waals surface area (Å²) in [5.74, 6) is 2.56. The zero-order valence-corrected chi connectivity index (χ0v) is 18.3. The van der Waals surface area contributed by atoms with Crippen LogP contribution in [0.2, 0.25) is 0 Å². The highest BCUT2D eigenvalue weighted by molar-refractivity contribution is 5.94. The predicted octanol–water partition coefficient (Wildman–Crippen LogP) is 3.27. The van der Waals surface area contributed by atoms with Crippen LogP contribution in [0.3, 0.4) is 0 Å². The highest BCUT2D eigenvalue weighted by atomic mass is 16.2. The molecule has 6 rings (SSSR count). The van der Waals surface area contributed by atoms with E-state index in [0.29, 0.717) is 49.7 Å². The van der Waals surface area contributed by atoms with E-state index < -0.39 is 5.41 Å². The molecular weight excluding hydrogens is 364 g/mol. The number of carbonyl (C=O) groups is 3. The quantitative estimate of drug-likeness (QED) is 0.715. The van der Waals surface area contributed by atoms with Crippen molar-refractivity contribution < 1.29 is 14.4 Å². The third-order valence-electron chi connectivity index (χ3n) is 9.74. The highest BCUT2D eigenvalue weighted by Crippen LogP contribution is 2.61. The fraction of sp³-hybridized carbons (Fsp3) is 0.875. The topological polar surface area (TPSA) is 57.7 Å². The van der Waals surface area contributed by atoms with E-state index >= 15 is 0 Å². The maximum Gasteiger partial charge on any atom is 0.229 e. The van der Waals surface area contributed by atoms with Crippen LogP contribution >= 0.6 is 0 Å². The lowest BCUT2D eigenvalue weighted by Gasteiger charge is -2.60. The second-order valence-electron chi connectivity index (χ2n) is 11.3. The van der Waals surface area contributed by atoms with Gasteiger partial charge < -0.3 is 9.80 Å². The van der Waals surface area contributed by atoms with Crippen molar-refractivity contribution in [3.05, 3.63) is 0 Å². The Balaban J connectivity index is 1.26. The van der Waals surface area contributed by atoms with E-state index in [1.807, 2.05) is 4.90 Å². The van der Waals surface area contributed by atoms with E-state index in [-0.39, 0.29) is 29.6 Å². The van der Waals surface area contributed by atoms with Crippen molar-refractivity contribution >= 4 is 17.6 Å². The van der Waals surface area contributed by atoms with Crippen LogP contribution in [0.25, 0.3) is 0 Å². The van der Waals surface area contributed by atoms with Gasteiger partial charge in [-0.25, -0.2) is 0 Å². The van der Waals surface area contributed by atoms with Crippen LogP contribution in [0.5, 0.6) is 0 Å². The Morgan fingerprint density at radius 3 is 2.55 bits per heavy atom. The third kappa shape index (κ3) is 2.75. The SMILES string of the molecule is C[C@@H]1CN(C(=O)[C@]23CCC[C@H]2CC(=O)C3)CCN1C(=O)[C@@H]1CC[C@H]2C[C@@H]1C2(C)C. The van der Waals surface area contributed by atoms with Crippen molar-refractivity contribution in [1.82, 2.24) is 9.80 Å². The first kappa shape index (κ1) is 19.6. The van der Waals surface area contributed by atoms with Crippen LogP contribution in [0.15, 0.2) is 0 Å². The maximum absolute atomic E-state index is 13.5. The van der Waals surface area contributed by atoms with E-state index in [1.165, 1.54) is 12.8 Å². The van der Waals surface area contributed by atoms with E-state index in [4.69, 9.17) is 0 Å². The summed E-state index contributed by atoms with van der Waals surface area (Å²) in [7, 11) is 0. The molecule has 5 nitrogen and oxygen atoms in total. The van der Waals surface area contributed by atoms with Gasteiger partial charge in [0.15, 0.2) is 0 Å². The number of hydrogen-bond donors (Lipinski definition) is 0. The molecule has 0 aromatic carbocycles. The molecule has 0 radical (unpaired) electrons. The van der Waals surface area contributed by atoms with Crippen molar-refractivity contribution in [3.8, 4) is 0 Å². The summed E-state index contributed by atoms with van der Waals surface area (Å²) in [4.78, 5) is 43.0. The van der Waals surface area contributed by atoms with Gasteiger partial charge in [-0.3, -0.25) is 14.4 Å². The summed E-state index contributed by atoms with van der Waals surface area (Å²) in [6, 6.07) is 0.0643. The Labute approximate surface area is 174 Å². The average molecular weight is 401 g/mol. The molecule has 5 heteroatoms. The smallest absolute Gasteiger partial charge is 0.229 e. The Morgan fingerprint density at radius 1 is 1.07 bits per heavy atom. The number of piperazine rings is 1. The Kier molecular flexibility index (Phi) is 4.42. The van der Waals surface area contributed by atoms with Gasteiger partial charge in [-0.05, 0) is 62.2 Å². The monoisotopic (exact) mass is 400 g/mol. The van der Waals surface area contributed by atoms with E-state index in [9.17, 15) is 14.4 Å². The molecule has 160 valence electrons. The molecule has 2 amide bonds. The van der Waals surface area contributed by atoms with Crippen LogP contribution in [0.1, 0.15) is 72.1 Å². The Morgan fingerprint density at radius 2 is 1.86 bits per heavy atom. The van der Waals surface area contributed by atoms with Crippen molar-refractivity contribution in [2.75, 3.05) is 19.6 Å². The number of rotatable bonds is 2. The summed E-state index contributed by atoms with van der Waals surface area (Å²) in [6.07, 6.45) is 7.44. The summed E-state index contributed by atoms with van der Waals surface area (Å²) in [5, 5.41) is 0. The molecule has 0 N–H and O–H groups in total. The molecule has 0 aromatic heterocycles. The molecule has 5 aliphatic carbocycles. The van der Waals surface area contributed by atoms with Gasteiger partial charge in [0.1, 0.15) is 5.78 Å². The number of Topliss-reactive ketones (excluding diaryl/α,β-unsaturated/α-hetero) is 1. The molecule has 29 heavy (non-hydrogen) atoms. The van der Waals surface area contributed by atoms with Crippen LogP contribution in [-0.4, -0.2) is 53.1 Å². The minimum Gasteiger partial charge on any atom is -0.338 e. The fourth-order valence-electron chi connectivity index (χ4n) is 7.83. The molecule has 1 saturated heterocycles. The number of nitrogens with zero attached hydrogens (tertiary/aromatic N) is 2. The van der Waals surface area contributed by atoms with E-state index in [0.717, 1.165) is 31.6 Å². The first-order valence-corrected chi connectivity index (χ1v) is 11.9. The molecule has 6 atom stereocenters. The zero-order valence-electron chi connectivity index (χ0n) is 18.3. The molecule has 1 heterocycles. The maximum atomic E-state index is 13.5. The highest BCUT2D eigenvalue weighted by Gasteiger charge is 2.58. The minimum atomic E-state index is -0.419. The fourth-order valence-corrected chi connectivity index (χ4v) is 7.83. The molecule has 0 unspecified atom stereocenters. The first-order chi connectivity index (χ1) is 13.7. The largest absolute Gasteiger partial charge is 0.338 e. The van der Waals surface area contributed by atoms with Crippen molar-refractivity contribution in [1.29, 1.82) is 0 Å². The van der Waals surface area contributed by atoms with E-state index in [1.54, 1.807) is 0 Å². The lowest BCUT2D eigenvalue weighted by atomic mass is 9.45. The number of fused-ring (bicyclic) bond motifs is 3. The van der Waals surface area contributed by atoms with Crippen LogP contribution in [0.4, 0.5) is 0 Å². The molecule has 0 aromatic rings. The van der Waals surface area contributed by atoms with Gasteiger partial charge in [0.25, 0.3) is 0 Å². The number of ketones is 1. The standard InChI is InChI=1S/C24H36N2O3/c1-15-14-25(22(29)24-8-4-5-17(24)11-18(27)13-24)9-10-26(15)21(28)19-7-6-16-12-20(19)23(16,2)3/h15-17,19-20H,4-14H2,1-3H3/t15-,16+,17+,19-,20+,24+/m1/s1. The second kappa shape index (κ2) is 6.55. The average Bonchev–Trinajstić information content (AvgIpc) is 3.23. The number of carbonyl (C=O) groups excluding carboxylic acids is 3. The van der Waals surface area contributed by atoms with Crippen LogP contribution < -0.4 is 0 Å². The molecule has 5 saturated carbocycles. The van der Waals surface area contributed by atoms with Gasteiger partial charge >= 0.3 is 0 Å². The number of amides is 2. The summed E-state index contributed by atoms with van der Waals surface area (Å²) < 4.78 is 0. The zero-order chi connectivity index (χ0) is 20.6. The van der Waals surface area contributed by atoms with Gasteiger partial charge in [-0.1, -0.05) is 20.3 Å². The summed E-state index contributed by atoms with van der Waals surface area (Å²) in [5.41, 5.74) is -0.109. The molecule has 2 bridgehead atoms. The lowest BCUT2D eigenvalue weighted by Crippen LogP contribution is -2.62. The third-order valence-corrected chi connectivity index (χ3v) is 9.74. The minimum absolute atomic E-state index is 0.0643. The van der Waals surface area contributed by atoms with Gasteiger partial charge in [-0.15, -0.1) is 0 Å². The summed E-state index contributed by atoms with van der Waals surface area (Å²) in [6.45, 7) is 8.67. The Bertz CT molecular complexity index is 744. The lowest BCUT2D eigenvalue weighted by molar-refractivity contribution is -0.164. The van der Waals surface area contributed by atoms with E-state index in [2.05, 4.69) is 25.7 Å². The van der Waals surface area contributed by atoms with Crippen LogP contribution in [-0.2, 0) is 14.4 Å². The van der Waals surface area contributed by atoms with Gasteiger partial charge in [0, 0.05) is 44.4 Å². The molecular formula is C24H36N2O3. The molecule has 6 aliphatic rings. The first-order valence-electron chi connectivity index (χ1n) is 11.9. The van der Waals surface area contributed by atoms with Gasteiger partial charge in [-0.2, -0.15) is 0 Å². The van der Waals surface area contributed by atoms with Crippen molar-refractivity contribution in [2.24, 2.45) is 34.5 Å².